The van der Waals surface area contributed by atoms with Crippen LogP contribution in [-0.4, -0.2) is 28.7 Å². The number of carbonyl (C=O) groups is 2. The fourth-order valence-electron chi connectivity index (χ4n) is 2.17. The lowest BCUT2D eigenvalue weighted by atomic mass is 10.3. The number of amides is 3. The second-order valence-electron chi connectivity index (χ2n) is 5.49. The summed E-state index contributed by atoms with van der Waals surface area (Å²) in [7, 11) is 0. The molecule has 0 unspecified atom stereocenters. The minimum atomic E-state index is -0.359. The van der Waals surface area contributed by atoms with Crippen molar-refractivity contribution in [1.29, 1.82) is 0 Å². The van der Waals surface area contributed by atoms with Gasteiger partial charge in [0.05, 0.1) is 5.69 Å². The van der Waals surface area contributed by atoms with Crippen LogP contribution in [0.2, 0.25) is 0 Å². The van der Waals surface area contributed by atoms with E-state index in [2.05, 4.69) is 42.1 Å². The zero-order valence-electron chi connectivity index (χ0n) is 14.5. The fourth-order valence-corrected chi connectivity index (χ4v) is 3.96. The number of benzene rings is 2. The molecule has 0 atom stereocenters. The van der Waals surface area contributed by atoms with Crippen molar-refractivity contribution < 1.29 is 9.59 Å². The molecule has 0 fully saturated rings. The van der Waals surface area contributed by atoms with E-state index < -0.39 is 0 Å². The molecule has 0 saturated heterocycles. The molecule has 0 aliphatic heterocycles. The molecule has 28 heavy (non-hydrogen) atoms. The molecule has 3 amide bonds. The molecule has 2 aromatic carbocycles. The van der Waals surface area contributed by atoms with Gasteiger partial charge in [0.1, 0.15) is 5.51 Å². The van der Waals surface area contributed by atoms with Crippen LogP contribution in [0, 0.1) is 0 Å². The molecule has 7 nitrogen and oxygen atoms in total. The minimum Gasteiger partial charge on any atom is -0.337 e. The zero-order chi connectivity index (χ0) is 19.8. The lowest BCUT2D eigenvalue weighted by Gasteiger charge is -2.10. The molecule has 144 valence electrons. The van der Waals surface area contributed by atoms with Gasteiger partial charge in [-0.3, -0.25) is 4.79 Å². The highest BCUT2D eigenvalue weighted by molar-refractivity contribution is 9.10. The fraction of sp³-hybridized carbons (Fsp3) is 0.111. The van der Waals surface area contributed by atoms with Crippen LogP contribution in [0.3, 0.4) is 0 Å². The Morgan fingerprint density at radius 1 is 1.07 bits per heavy atom. The van der Waals surface area contributed by atoms with E-state index in [1.54, 1.807) is 17.6 Å². The molecule has 1 heterocycles. The van der Waals surface area contributed by atoms with E-state index >= 15 is 0 Å². The van der Waals surface area contributed by atoms with Crippen LogP contribution in [-0.2, 0) is 4.79 Å². The summed E-state index contributed by atoms with van der Waals surface area (Å²) in [6, 6.07) is 14.4. The van der Waals surface area contributed by atoms with Crippen molar-refractivity contribution in [3.05, 3.63) is 58.5 Å². The predicted molar refractivity (Wildman–Crippen MR) is 115 cm³/mol. The number of halogens is 1. The standard InChI is InChI=1S/C18H16BrN5O2S2/c19-12-5-7-13(8-6-12)22-17(26)20-10-9-16(25)23-14-3-1-2-4-15(14)28-18-24-21-11-27-18/h1-8,11H,9-10H2,(H,23,25)(H2,20,22,26). The lowest BCUT2D eigenvalue weighted by molar-refractivity contribution is -0.116. The van der Waals surface area contributed by atoms with Crippen LogP contribution in [0.4, 0.5) is 16.2 Å². The van der Waals surface area contributed by atoms with Crippen LogP contribution in [0.25, 0.3) is 0 Å². The number of hydrogen-bond donors (Lipinski definition) is 3. The van der Waals surface area contributed by atoms with E-state index in [1.807, 2.05) is 36.4 Å². The van der Waals surface area contributed by atoms with Crippen molar-refractivity contribution in [3.63, 3.8) is 0 Å². The quantitative estimate of drug-likeness (QED) is 0.461. The third-order valence-electron chi connectivity index (χ3n) is 3.44. The first-order chi connectivity index (χ1) is 13.6. The second-order valence-corrected chi connectivity index (χ2v) is 8.53. The highest BCUT2D eigenvalue weighted by atomic mass is 79.9. The molecule has 0 radical (unpaired) electrons. The molecule has 0 bridgehead atoms. The summed E-state index contributed by atoms with van der Waals surface area (Å²) in [5.41, 5.74) is 3.04. The zero-order valence-corrected chi connectivity index (χ0v) is 17.7. The molecule has 0 spiro atoms. The van der Waals surface area contributed by atoms with Crippen LogP contribution in [0.5, 0.6) is 0 Å². The first-order valence-corrected chi connectivity index (χ1v) is 10.7. The maximum absolute atomic E-state index is 12.2. The third kappa shape index (κ3) is 6.32. The largest absolute Gasteiger partial charge is 0.337 e. The highest BCUT2D eigenvalue weighted by Crippen LogP contribution is 2.33. The Balaban J connectivity index is 1.45. The molecule has 0 aliphatic carbocycles. The first-order valence-electron chi connectivity index (χ1n) is 8.23. The number of nitrogens with one attached hydrogen (secondary N) is 3. The van der Waals surface area contributed by atoms with Crippen molar-refractivity contribution in [1.82, 2.24) is 15.5 Å². The van der Waals surface area contributed by atoms with Crippen molar-refractivity contribution in [2.24, 2.45) is 0 Å². The normalized spacial score (nSPS) is 10.3. The number of aromatic nitrogens is 2. The Kier molecular flexibility index (Phi) is 7.40. The summed E-state index contributed by atoms with van der Waals surface area (Å²) in [5, 5.41) is 16.1. The van der Waals surface area contributed by atoms with E-state index in [9.17, 15) is 9.59 Å². The van der Waals surface area contributed by atoms with Gasteiger partial charge in [0.15, 0.2) is 4.34 Å². The Morgan fingerprint density at radius 3 is 2.61 bits per heavy atom. The van der Waals surface area contributed by atoms with Crippen LogP contribution < -0.4 is 16.0 Å². The van der Waals surface area contributed by atoms with E-state index in [0.29, 0.717) is 11.4 Å². The van der Waals surface area contributed by atoms with Crippen LogP contribution >= 0.6 is 39.0 Å². The maximum Gasteiger partial charge on any atom is 0.319 e. The Hall–Kier alpha value is -2.43. The molecule has 3 aromatic rings. The molecule has 3 N–H and O–H groups in total. The van der Waals surface area contributed by atoms with Crippen molar-refractivity contribution in [2.45, 2.75) is 15.7 Å². The predicted octanol–water partition coefficient (Wildman–Crippen LogP) is 4.60. The number of anilines is 2. The highest BCUT2D eigenvalue weighted by Gasteiger charge is 2.10. The van der Waals surface area contributed by atoms with Crippen LogP contribution in [0.15, 0.2) is 67.7 Å². The van der Waals surface area contributed by atoms with Gasteiger partial charge in [0.25, 0.3) is 0 Å². The Bertz CT molecular complexity index is 935. The average molecular weight is 478 g/mol. The van der Waals surface area contributed by atoms with Gasteiger partial charge >= 0.3 is 6.03 Å². The topological polar surface area (TPSA) is 96.0 Å². The summed E-state index contributed by atoms with van der Waals surface area (Å²) in [4.78, 5) is 25.0. The van der Waals surface area contributed by atoms with Gasteiger partial charge in [-0.1, -0.05) is 51.2 Å². The second kappa shape index (κ2) is 10.2. The average Bonchev–Trinajstić information content (AvgIpc) is 3.18. The Labute approximate surface area is 178 Å². The van der Waals surface area contributed by atoms with Gasteiger partial charge < -0.3 is 16.0 Å². The van der Waals surface area contributed by atoms with E-state index in [4.69, 9.17) is 0 Å². The summed E-state index contributed by atoms with van der Waals surface area (Å²) < 4.78 is 1.73. The molecule has 1 aromatic heterocycles. The monoisotopic (exact) mass is 477 g/mol. The molecular weight excluding hydrogens is 462 g/mol. The van der Waals surface area contributed by atoms with Crippen molar-refractivity contribution in [3.8, 4) is 0 Å². The van der Waals surface area contributed by atoms with Gasteiger partial charge in [-0.15, -0.1) is 10.2 Å². The molecule has 0 aliphatic rings. The summed E-state index contributed by atoms with van der Waals surface area (Å²) in [6.45, 7) is 0.222. The third-order valence-corrected chi connectivity index (χ3v) is 5.82. The molecule has 3 rings (SSSR count). The maximum atomic E-state index is 12.2. The summed E-state index contributed by atoms with van der Waals surface area (Å²) in [6.07, 6.45) is 0.158. The first kappa shape index (κ1) is 20.3. The molecule has 10 heteroatoms. The molecule has 0 saturated carbocycles. The number of nitrogens with zero attached hydrogens (tertiary/aromatic N) is 2. The van der Waals surface area contributed by atoms with E-state index in [1.165, 1.54) is 23.1 Å². The molecular formula is C18H16BrN5O2S2. The van der Waals surface area contributed by atoms with Gasteiger partial charge in [0.2, 0.25) is 5.91 Å². The van der Waals surface area contributed by atoms with E-state index in [-0.39, 0.29) is 24.9 Å². The van der Waals surface area contributed by atoms with Crippen molar-refractivity contribution >= 4 is 62.3 Å². The lowest BCUT2D eigenvalue weighted by Crippen LogP contribution is -2.31. The van der Waals surface area contributed by atoms with Gasteiger partial charge in [-0.25, -0.2) is 4.79 Å². The number of hydrogen-bond acceptors (Lipinski definition) is 6. The number of urea groups is 1. The minimum absolute atomic E-state index is 0.158. The van der Waals surface area contributed by atoms with Gasteiger partial charge in [-0.05, 0) is 36.4 Å². The smallest absolute Gasteiger partial charge is 0.319 e. The van der Waals surface area contributed by atoms with Crippen LogP contribution in [0.1, 0.15) is 6.42 Å². The SMILES string of the molecule is O=C(CCNC(=O)Nc1ccc(Br)cc1)Nc1ccccc1Sc1nncs1. The van der Waals surface area contributed by atoms with Gasteiger partial charge in [0, 0.05) is 28.0 Å². The summed E-state index contributed by atoms with van der Waals surface area (Å²) in [5.74, 6) is -0.186. The number of para-hydroxylation sites is 1. The van der Waals surface area contributed by atoms with Crippen molar-refractivity contribution in [2.75, 3.05) is 17.2 Å². The number of rotatable bonds is 7. The van der Waals surface area contributed by atoms with Gasteiger partial charge in [-0.2, -0.15) is 0 Å². The number of carbonyl (C=O) groups excluding carboxylic acids is 2. The summed E-state index contributed by atoms with van der Waals surface area (Å²) >= 11 is 6.21. The van der Waals surface area contributed by atoms with E-state index in [0.717, 1.165) is 13.7 Å². The Morgan fingerprint density at radius 2 is 1.86 bits per heavy atom.